The van der Waals surface area contributed by atoms with E-state index in [0.29, 0.717) is 39.8 Å². The Bertz CT molecular complexity index is 311. The summed E-state index contributed by atoms with van der Waals surface area (Å²) < 4.78 is 10.8. The highest BCUT2D eigenvalue weighted by Gasteiger charge is 2.47. The number of rotatable bonds is 3. The summed E-state index contributed by atoms with van der Waals surface area (Å²) in [4.78, 5) is 2.17. The van der Waals surface area contributed by atoms with Crippen LogP contribution in [0.2, 0.25) is 0 Å². The van der Waals surface area contributed by atoms with E-state index in [4.69, 9.17) is 9.47 Å². The van der Waals surface area contributed by atoms with E-state index in [2.05, 4.69) is 31.0 Å². The Morgan fingerprint density at radius 1 is 1.00 bits per heavy atom. The summed E-state index contributed by atoms with van der Waals surface area (Å²) in [5.74, 6) is -0.785. The first-order valence-corrected chi connectivity index (χ1v) is 7.17. The minimum atomic E-state index is -0.785. The normalized spacial score (nSPS) is 35.2. The molecule has 9 nitrogen and oxygen atoms in total. The van der Waals surface area contributed by atoms with Crippen molar-refractivity contribution in [3.63, 3.8) is 0 Å². The van der Waals surface area contributed by atoms with Crippen molar-refractivity contribution in [2.75, 3.05) is 65.9 Å². The molecule has 3 aliphatic rings. The first-order valence-electron chi connectivity index (χ1n) is 7.17. The van der Waals surface area contributed by atoms with Gasteiger partial charge in [0.2, 0.25) is 5.91 Å². The largest absolute Gasteiger partial charge is 0.379 e. The molecule has 0 saturated carbocycles. The number of hydrogen-bond donors (Lipinski definition) is 4. The van der Waals surface area contributed by atoms with Crippen LogP contribution < -0.4 is 16.1 Å². The van der Waals surface area contributed by atoms with Crippen LogP contribution in [0.4, 0.5) is 0 Å². The average molecular weight is 288 g/mol. The molecule has 20 heavy (non-hydrogen) atoms. The highest BCUT2D eigenvalue weighted by Crippen LogP contribution is 2.20. The lowest BCUT2D eigenvalue weighted by Crippen LogP contribution is -2.84. The van der Waals surface area contributed by atoms with Gasteiger partial charge in [-0.25, -0.2) is 5.01 Å². The first-order chi connectivity index (χ1) is 9.87. The number of ether oxygens (including phenoxy) is 2. The lowest BCUT2D eigenvalue weighted by Gasteiger charge is -2.56. The van der Waals surface area contributed by atoms with E-state index in [1.807, 2.05) is 0 Å². The topological polar surface area (TPSA) is 84.5 Å². The smallest absolute Gasteiger partial charge is 0.223 e. The monoisotopic (exact) mass is 288 g/mol. The third-order valence-corrected chi connectivity index (χ3v) is 4.05. The molecule has 0 amide bonds. The third-order valence-electron chi connectivity index (χ3n) is 4.05. The summed E-state index contributed by atoms with van der Waals surface area (Å²) in [6, 6.07) is 0. The second-order valence-corrected chi connectivity index (χ2v) is 5.11. The van der Waals surface area contributed by atoms with Gasteiger partial charge in [-0.05, 0) is 0 Å². The molecule has 3 heterocycles. The highest BCUT2D eigenvalue weighted by atomic mass is 16.5. The van der Waals surface area contributed by atoms with E-state index in [1.165, 1.54) is 0 Å². The zero-order valence-corrected chi connectivity index (χ0v) is 11.7. The van der Waals surface area contributed by atoms with Gasteiger partial charge in [-0.2, -0.15) is 10.5 Å². The molecular formula is C11H24N6O3. The Hall–Kier alpha value is -0.360. The SMILES string of the molecule is ONC1(N2CCOCC2)NCNCN1N1CCOCC1. The van der Waals surface area contributed by atoms with Crippen LogP contribution in [0.5, 0.6) is 0 Å². The van der Waals surface area contributed by atoms with Crippen molar-refractivity contribution in [2.45, 2.75) is 5.91 Å². The van der Waals surface area contributed by atoms with Crippen LogP contribution in [-0.4, -0.2) is 92.0 Å². The van der Waals surface area contributed by atoms with Crippen molar-refractivity contribution in [1.82, 2.24) is 31.0 Å². The minimum Gasteiger partial charge on any atom is -0.379 e. The fourth-order valence-electron chi connectivity index (χ4n) is 2.98. The molecule has 0 bridgehead atoms. The van der Waals surface area contributed by atoms with Gasteiger partial charge in [0, 0.05) is 26.2 Å². The zero-order chi connectivity index (χ0) is 13.8. The van der Waals surface area contributed by atoms with E-state index < -0.39 is 5.91 Å². The number of nitrogens with zero attached hydrogens (tertiary/aromatic N) is 3. The molecule has 1 atom stereocenters. The van der Waals surface area contributed by atoms with E-state index in [9.17, 15) is 5.21 Å². The number of hydroxylamine groups is 1. The molecule has 0 radical (unpaired) electrons. The van der Waals surface area contributed by atoms with Gasteiger partial charge in [-0.3, -0.25) is 15.5 Å². The lowest BCUT2D eigenvalue weighted by atomic mass is 10.3. The van der Waals surface area contributed by atoms with Crippen LogP contribution in [-0.2, 0) is 9.47 Å². The molecule has 0 spiro atoms. The van der Waals surface area contributed by atoms with Crippen molar-refractivity contribution in [1.29, 1.82) is 0 Å². The summed E-state index contributed by atoms with van der Waals surface area (Å²) >= 11 is 0. The first kappa shape index (κ1) is 14.6. The fourth-order valence-corrected chi connectivity index (χ4v) is 2.98. The second kappa shape index (κ2) is 6.60. The fraction of sp³-hybridized carbons (Fsp3) is 1.00. The minimum absolute atomic E-state index is 0.631. The standard InChI is InChI=1S/C11H24N6O3/c18-14-11(15-1-5-19-6-2-15)13-9-12-10-17(11)16-3-7-20-8-4-16/h12-14,18H,1-10H2. The lowest BCUT2D eigenvalue weighted by molar-refractivity contribution is -0.282. The Balaban J connectivity index is 1.79. The number of hydrogen-bond acceptors (Lipinski definition) is 9. The summed E-state index contributed by atoms with van der Waals surface area (Å²) in [5.41, 5.74) is 2.50. The van der Waals surface area contributed by atoms with Gasteiger partial charge in [0.25, 0.3) is 0 Å². The van der Waals surface area contributed by atoms with Crippen LogP contribution in [0.3, 0.4) is 0 Å². The molecule has 0 aliphatic carbocycles. The molecular weight excluding hydrogens is 264 g/mol. The quantitative estimate of drug-likeness (QED) is 0.423. The Morgan fingerprint density at radius 3 is 2.30 bits per heavy atom. The molecule has 1 unspecified atom stereocenters. The van der Waals surface area contributed by atoms with Gasteiger partial charge in [-0.1, -0.05) is 0 Å². The third kappa shape index (κ3) is 2.69. The van der Waals surface area contributed by atoms with E-state index in [0.717, 1.165) is 26.2 Å². The summed E-state index contributed by atoms with van der Waals surface area (Å²) in [5, 5.41) is 20.8. The van der Waals surface area contributed by atoms with Crippen molar-refractivity contribution >= 4 is 0 Å². The van der Waals surface area contributed by atoms with Crippen molar-refractivity contribution in [3.05, 3.63) is 0 Å². The molecule has 3 aliphatic heterocycles. The highest BCUT2D eigenvalue weighted by molar-refractivity contribution is 4.87. The van der Waals surface area contributed by atoms with Gasteiger partial charge < -0.3 is 14.7 Å². The molecule has 0 aromatic heterocycles. The van der Waals surface area contributed by atoms with Crippen molar-refractivity contribution in [2.24, 2.45) is 0 Å². The van der Waals surface area contributed by atoms with E-state index in [1.54, 1.807) is 0 Å². The molecule has 0 aromatic carbocycles. The summed E-state index contributed by atoms with van der Waals surface area (Å²) in [7, 11) is 0. The number of nitrogens with one attached hydrogen (secondary N) is 3. The maximum absolute atomic E-state index is 9.87. The van der Waals surface area contributed by atoms with Gasteiger partial charge in [0.1, 0.15) is 0 Å². The van der Waals surface area contributed by atoms with Gasteiger partial charge >= 0.3 is 0 Å². The Kier molecular flexibility index (Phi) is 4.81. The van der Waals surface area contributed by atoms with Crippen molar-refractivity contribution in [3.8, 4) is 0 Å². The summed E-state index contributed by atoms with van der Waals surface area (Å²) in [6.45, 7) is 7.23. The molecule has 3 rings (SSSR count). The van der Waals surface area contributed by atoms with Crippen LogP contribution in [0.1, 0.15) is 0 Å². The molecule has 9 heteroatoms. The van der Waals surface area contributed by atoms with Gasteiger partial charge in [0.15, 0.2) is 0 Å². The van der Waals surface area contributed by atoms with E-state index >= 15 is 0 Å². The summed E-state index contributed by atoms with van der Waals surface area (Å²) in [6.07, 6.45) is 0. The zero-order valence-electron chi connectivity index (χ0n) is 11.7. The Labute approximate surface area is 118 Å². The van der Waals surface area contributed by atoms with Crippen LogP contribution in [0.25, 0.3) is 0 Å². The van der Waals surface area contributed by atoms with Crippen LogP contribution in [0.15, 0.2) is 0 Å². The maximum atomic E-state index is 9.87. The Morgan fingerprint density at radius 2 is 1.65 bits per heavy atom. The molecule has 0 aromatic rings. The van der Waals surface area contributed by atoms with Gasteiger partial charge in [-0.15, -0.1) is 0 Å². The molecule has 3 fully saturated rings. The molecule has 116 valence electrons. The molecule has 3 saturated heterocycles. The maximum Gasteiger partial charge on any atom is 0.223 e. The average Bonchev–Trinajstić information content (AvgIpc) is 2.56. The van der Waals surface area contributed by atoms with E-state index in [-0.39, 0.29) is 0 Å². The predicted octanol–water partition coefficient (Wildman–Crippen LogP) is -2.43. The number of hydrazine groups is 1. The molecule has 4 N–H and O–H groups in total. The van der Waals surface area contributed by atoms with Crippen LogP contribution in [0, 0.1) is 0 Å². The van der Waals surface area contributed by atoms with Crippen molar-refractivity contribution < 1.29 is 14.7 Å². The number of morpholine rings is 2. The second-order valence-electron chi connectivity index (χ2n) is 5.11. The van der Waals surface area contributed by atoms with Gasteiger partial charge in [0.05, 0.1) is 39.8 Å². The predicted molar refractivity (Wildman–Crippen MR) is 70.3 cm³/mol. The van der Waals surface area contributed by atoms with Crippen LogP contribution >= 0.6 is 0 Å².